The van der Waals surface area contributed by atoms with E-state index in [-0.39, 0.29) is 4.90 Å². The molecule has 1 heterocycles. The van der Waals surface area contributed by atoms with Gasteiger partial charge in [0, 0.05) is 32.4 Å². The molecule has 0 aliphatic heterocycles. The van der Waals surface area contributed by atoms with Crippen LogP contribution in [0.5, 0.6) is 0 Å². The molecule has 6 nitrogen and oxygen atoms in total. The molecular formula is C12H22N2O4S. The summed E-state index contributed by atoms with van der Waals surface area (Å²) in [7, 11) is -0.188. The zero-order valence-electron chi connectivity index (χ0n) is 11.9. The highest BCUT2D eigenvalue weighted by Gasteiger charge is 2.25. The van der Waals surface area contributed by atoms with E-state index in [4.69, 9.17) is 9.15 Å². The summed E-state index contributed by atoms with van der Waals surface area (Å²) in [5.41, 5.74) is 0.680. The van der Waals surface area contributed by atoms with Gasteiger partial charge in [0.1, 0.15) is 16.4 Å². The molecule has 0 spiro atoms. The van der Waals surface area contributed by atoms with E-state index in [0.29, 0.717) is 43.2 Å². The first-order valence-corrected chi connectivity index (χ1v) is 7.64. The van der Waals surface area contributed by atoms with Crippen LogP contribution in [0.3, 0.4) is 0 Å². The lowest BCUT2D eigenvalue weighted by atomic mass is 10.2. The summed E-state index contributed by atoms with van der Waals surface area (Å²) in [6.45, 7) is 4.76. The second-order valence-electron chi connectivity index (χ2n) is 4.30. The average Bonchev–Trinajstić information content (AvgIpc) is 2.61. The molecule has 0 bridgehead atoms. The number of ether oxygens (including phenoxy) is 1. The number of aryl methyl sites for hydroxylation is 2. The molecule has 0 atom stereocenters. The van der Waals surface area contributed by atoms with Crippen LogP contribution in [-0.2, 0) is 21.3 Å². The maximum Gasteiger partial charge on any atom is 0.244 e. The Bertz CT molecular complexity index is 508. The quantitative estimate of drug-likeness (QED) is 0.696. The first kappa shape index (κ1) is 16.2. The van der Waals surface area contributed by atoms with Crippen molar-refractivity contribution < 1.29 is 17.6 Å². The number of hydrogen-bond acceptors (Lipinski definition) is 5. The van der Waals surface area contributed by atoms with Gasteiger partial charge in [0.05, 0.1) is 0 Å². The Morgan fingerprint density at radius 2 is 1.95 bits per heavy atom. The number of sulfonamides is 1. The van der Waals surface area contributed by atoms with Gasteiger partial charge in [-0.25, -0.2) is 13.1 Å². The highest BCUT2D eigenvalue weighted by atomic mass is 32.2. The summed E-state index contributed by atoms with van der Waals surface area (Å²) in [5, 5.41) is 2.95. The van der Waals surface area contributed by atoms with Crippen molar-refractivity contribution in [2.45, 2.75) is 31.7 Å². The number of methoxy groups -OCH3 is 1. The molecule has 0 saturated heterocycles. The fourth-order valence-electron chi connectivity index (χ4n) is 1.94. The van der Waals surface area contributed by atoms with Crippen molar-refractivity contribution in [2.24, 2.45) is 0 Å². The molecule has 110 valence electrons. The van der Waals surface area contributed by atoms with Crippen molar-refractivity contribution in [1.82, 2.24) is 10.0 Å². The molecule has 1 rings (SSSR count). The van der Waals surface area contributed by atoms with Crippen molar-refractivity contribution in [3.8, 4) is 0 Å². The van der Waals surface area contributed by atoms with E-state index in [0.717, 1.165) is 0 Å². The van der Waals surface area contributed by atoms with E-state index in [1.807, 2.05) is 0 Å². The normalized spacial score (nSPS) is 12.0. The molecule has 19 heavy (non-hydrogen) atoms. The SMILES string of the molecule is CNCc1c(C)oc(C)c1S(=O)(=O)NCCCOC. The molecule has 0 saturated carbocycles. The summed E-state index contributed by atoms with van der Waals surface area (Å²) < 4.78 is 37.5. The van der Waals surface area contributed by atoms with Crippen LogP contribution >= 0.6 is 0 Å². The lowest BCUT2D eigenvalue weighted by Gasteiger charge is -2.08. The van der Waals surface area contributed by atoms with Gasteiger partial charge in [-0.3, -0.25) is 0 Å². The maximum absolute atomic E-state index is 12.3. The lowest BCUT2D eigenvalue weighted by Crippen LogP contribution is -2.27. The second-order valence-corrected chi connectivity index (χ2v) is 6.00. The van der Waals surface area contributed by atoms with Crippen molar-refractivity contribution in [2.75, 3.05) is 27.3 Å². The van der Waals surface area contributed by atoms with Crippen molar-refractivity contribution >= 4 is 10.0 Å². The average molecular weight is 290 g/mol. The minimum absolute atomic E-state index is 0.247. The summed E-state index contributed by atoms with van der Waals surface area (Å²) >= 11 is 0. The van der Waals surface area contributed by atoms with Gasteiger partial charge in [-0.05, 0) is 27.3 Å². The first-order valence-electron chi connectivity index (χ1n) is 6.16. The van der Waals surface area contributed by atoms with Gasteiger partial charge in [-0.15, -0.1) is 0 Å². The van der Waals surface area contributed by atoms with Crippen LogP contribution in [0.15, 0.2) is 9.31 Å². The first-order chi connectivity index (χ1) is 8.94. The summed E-state index contributed by atoms with van der Waals surface area (Å²) in [4.78, 5) is 0.247. The molecule has 0 amide bonds. The van der Waals surface area contributed by atoms with E-state index < -0.39 is 10.0 Å². The molecule has 0 fully saturated rings. The number of rotatable bonds is 8. The van der Waals surface area contributed by atoms with Crippen LogP contribution in [0.2, 0.25) is 0 Å². The summed E-state index contributed by atoms with van der Waals surface area (Å²) in [5.74, 6) is 1.05. The summed E-state index contributed by atoms with van der Waals surface area (Å²) in [6, 6.07) is 0. The predicted octanol–water partition coefficient (Wildman–Crippen LogP) is 0.931. The zero-order chi connectivity index (χ0) is 14.5. The molecule has 0 aliphatic rings. The van der Waals surface area contributed by atoms with Crippen LogP contribution in [0.25, 0.3) is 0 Å². The third kappa shape index (κ3) is 4.04. The minimum atomic E-state index is -3.54. The van der Waals surface area contributed by atoms with Crippen LogP contribution in [0.1, 0.15) is 23.5 Å². The van der Waals surface area contributed by atoms with Crippen molar-refractivity contribution in [3.63, 3.8) is 0 Å². The predicted molar refractivity (Wildman–Crippen MR) is 72.6 cm³/mol. The van der Waals surface area contributed by atoms with Gasteiger partial charge in [-0.1, -0.05) is 0 Å². The van der Waals surface area contributed by atoms with Crippen LogP contribution in [0.4, 0.5) is 0 Å². The third-order valence-corrected chi connectivity index (χ3v) is 4.42. The molecule has 7 heteroatoms. The Kier molecular flexibility index (Phi) is 5.99. The standard InChI is InChI=1S/C12H22N2O4S/c1-9-11(8-13-3)12(10(2)18-9)19(15,16)14-6-5-7-17-4/h13-14H,5-8H2,1-4H3. The highest BCUT2D eigenvalue weighted by Crippen LogP contribution is 2.26. The smallest absolute Gasteiger partial charge is 0.244 e. The fourth-order valence-corrected chi connectivity index (χ4v) is 3.46. The molecule has 0 aliphatic carbocycles. The minimum Gasteiger partial charge on any atom is -0.465 e. The van der Waals surface area contributed by atoms with Gasteiger partial charge in [0.2, 0.25) is 10.0 Å². The molecule has 0 unspecified atom stereocenters. The Balaban J connectivity index is 2.94. The van der Waals surface area contributed by atoms with Crippen LogP contribution in [0, 0.1) is 13.8 Å². The Morgan fingerprint density at radius 3 is 2.53 bits per heavy atom. The van der Waals surface area contributed by atoms with E-state index in [9.17, 15) is 8.42 Å². The molecule has 0 radical (unpaired) electrons. The molecule has 1 aromatic rings. The maximum atomic E-state index is 12.3. The molecule has 2 N–H and O–H groups in total. The van der Waals surface area contributed by atoms with E-state index in [1.165, 1.54) is 0 Å². The van der Waals surface area contributed by atoms with E-state index in [2.05, 4.69) is 10.0 Å². The van der Waals surface area contributed by atoms with Crippen molar-refractivity contribution in [3.05, 3.63) is 17.1 Å². The molecule has 1 aromatic heterocycles. The van der Waals surface area contributed by atoms with E-state index >= 15 is 0 Å². The van der Waals surface area contributed by atoms with Gasteiger partial charge in [-0.2, -0.15) is 0 Å². The second kappa shape index (κ2) is 7.04. The highest BCUT2D eigenvalue weighted by molar-refractivity contribution is 7.89. The Labute approximate surface area is 114 Å². The van der Waals surface area contributed by atoms with Gasteiger partial charge >= 0.3 is 0 Å². The van der Waals surface area contributed by atoms with Gasteiger partial charge in [0.15, 0.2) is 0 Å². The van der Waals surface area contributed by atoms with Crippen LogP contribution < -0.4 is 10.0 Å². The molecular weight excluding hydrogens is 268 g/mol. The number of hydrogen-bond donors (Lipinski definition) is 2. The third-order valence-electron chi connectivity index (χ3n) is 2.76. The van der Waals surface area contributed by atoms with E-state index in [1.54, 1.807) is 28.0 Å². The summed E-state index contributed by atoms with van der Waals surface area (Å²) in [6.07, 6.45) is 0.632. The number of nitrogens with one attached hydrogen (secondary N) is 2. The van der Waals surface area contributed by atoms with Gasteiger partial charge < -0.3 is 14.5 Å². The Morgan fingerprint density at radius 1 is 1.26 bits per heavy atom. The number of furan rings is 1. The fraction of sp³-hybridized carbons (Fsp3) is 0.667. The zero-order valence-corrected chi connectivity index (χ0v) is 12.7. The topological polar surface area (TPSA) is 80.6 Å². The Hall–Kier alpha value is -0.890. The lowest BCUT2D eigenvalue weighted by molar-refractivity contribution is 0.196. The monoisotopic (exact) mass is 290 g/mol. The largest absolute Gasteiger partial charge is 0.465 e. The van der Waals surface area contributed by atoms with Gasteiger partial charge in [0.25, 0.3) is 0 Å². The van der Waals surface area contributed by atoms with Crippen molar-refractivity contribution in [1.29, 1.82) is 0 Å². The molecule has 0 aromatic carbocycles. The van der Waals surface area contributed by atoms with Crippen LogP contribution in [-0.4, -0.2) is 35.7 Å².